The lowest BCUT2D eigenvalue weighted by molar-refractivity contribution is -0.131. The maximum atomic E-state index is 12.9. The van der Waals surface area contributed by atoms with Gasteiger partial charge in [0.05, 0.1) is 10.6 Å². The minimum absolute atomic E-state index is 0.0689. The van der Waals surface area contributed by atoms with E-state index >= 15 is 0 Å². The Morgan fingerprint density at radius 1 is 1.11 bits per heavy atom. The van der Waals surface area contributed by atoms with Crippen molar-refractivity contribution in [2.24, 2.45) is 7.05 Å². The van der Waals surface area contributed by atoms with E-state index in [-0.39, 0.29) is 21.7 Å². The van der Waals surface area contributed by atoms with E-state index in [4.69, 9.17) is 9.84 Å². The second kappa shape index (κ2) is 9.50. The predicted octanol–water partition coefficient (Wildman–Crippen LogP) is 4.83. The van der Waals surface area contributed by atoms with Crippen molar-refractivity contribution in [3.05, 3.63) is 81.9 Å². The second-order valence-electron chi connectivity index (χ2n) is 8.53. The number of para-hydroxylation sites is 1. The highest BCUT2D eigenvalue weighted by Gasteiger charge is 2.21. The molecule has 0 aliphatic rings. The molecule has 8 nitrogen and oxygen atoms in total. The van der Waals surface area contributed by atoms with Gasteiger partial charge in [-0.05, 0) is 55.3 Å². The predicted molar refractivity (Wildman–Crippen MR) is 139 cm³/mol. The molecule has 9 heteroatoms. The fraction of sp³-hybridized carbons (Fsp3) is 0.185. The van der Waals surface area contributed by atoms with Gasteiger partial charge in [-0.3, -0.25) is 4.79 Å². The molecule has 4 rings (SSSR count). The van der Waals surface area contributed by atoms with Gasteiger partial charge in [0.15, 0.2) is 9.84 Å². The Hall–Kier alpha value is -4.11. The smallest absolute Gasteiger partial charge is 0.328 e. The van der Waals surface area contributed by atoms with Gasteiger partial charge in [0.25, 0.3) is 5.56 Å². The largest absolute Gasteiger partial charge is 0.478 e. The van der Waals surface area contributed by atoms with Crippen LogP contribution < -0.4 is 10.3 Å². The number of sulfone groups is 1. The number of aromatic nitrogens is 2. The summed E-state index contributed by atoms with van der Waals surface area (Å²) in [6, 6.07) is 12.1. The fourth-order valence-electron chi connectivity index (χ4n) is 4.06. The number of H-pyrrole nitrogens is 1. The normalized spacial score (nSPS) is 11.9. The fourth-order valence-corrected chi connectivity index (χ4v) is 4.97. The summed E-state index contributed by atoms with van der Waals surface area (Å²) in [5.74, 6) is -0.111. The van der Waals surface area contributed by atoms with Crippen LogP contribution in [0, 0.1) is 13.8 Å². The van der Waals surface area contributed by atoms with E-state index in [1.54, 1.807) is 38.4 Å². The van der Waals surface area contributed by atoms with Crippen molar-refractivity contribution < 1.29 is 23.1 Å². The molecule has 36 heavy (non-hydrogen) atoms. The summed E-state index contributed by atoms with van der Waals surface area (Å²) in [7, 11) is -1.93. The first-order valence-electron chi connectivity index (χ1n) is 11.3. The highest BCUT2D eigenvalue weighted by Crippen LogP contribution is 2.40. The van der Waals surface area contributed by atoms with Gasteiger partial charge in [-0.1, -0.05) is 25.1 Å². The highest BCUT2D eigenvalue weighted by atomic mass is 32.2. The summed E-state index contributed by atoms with van der Waals surface area (Å²) in [6.45, 7) is 5.43. The standard InChI is InChI=1S/C27H26N2O6S/c1-5-36(33,34)19-10-11-23(35-26-16(2)7-6-8-17(26)3)20(14-19)22-15-29(4)27(32)25-21(22)13-18(28-25)9-12-24(30)31/h6-15,28H,5H2,1-4H3,(H,30,31). The van der Waals surface area contributed by atoms with E-state index in [1.807, 2.05) is 32.0 Å². The van der Waals surface area contributed by atoms with Gasteiger partial charge >= 0.3 is 5.97 Å². The van der Waals surface area contributed by atoms with Crippen LogP contribution in [0.15, 0.2) is 64.4 Å². The maximum Gasteiger partial charge on any atom is 0.328 e. The lowest BCUT2D eigenvalue weighted by Gasteiger charge is -2.17. The number of hydrogen-bond acceptors (Lipinski definition) is 5. The van der Waals surface area contributed by atoms with Crippen LogP contribution in [0.2, 0.25) is 0 Å². The number of pyridine rings is 1. The van der Waals surface area contributed by atoms with Crippen molar-refractivity contribution >= 4 is 32.8 Å². The lowest BCUT2D eigenvalue weighted by atomic mass is 10.0. The van der Waals surface area contributed by atoms with Gasteiger partial charge < -0.3 is 19.4 Å². The number of benzene rings is 2. The molecule has 0 radical (unpaired) electrons. The molecule has 4 aromatic rings. The van der Waals surface area contributed by atoms with E-state index in [9.17, 15) is 18.0 Å². The molecule has 2 aromatic heterocycles. The van der Waals surface area contributed by atoms with Crippen molar-refractivity contribution in [1.82, 2.24) is 9.55 Å². The minimum Gasteiger partial charge on any atom is -0.478 e. The van der Waals surface area contributed by atoms with E-state index in [0.717, 1.165) is 17.2 Å². The van der Waals surface area contributed by atoms with Gasteiger partial charge in [0, 0.05) is 41.5 Å². The Labute approximate surface area is 208 Å². The zero-order valence-electron chi connectivity index (χ0n) is 20.3. The van der Waals surface area contributed by atoms with E-state index in [0.29, 0.717) is 33.7 Å². The van der Waals surface area contributed by atoms with Crippen LogP contribution in [0.1, 0.15) is 23.7 Å². The van der Waals surface area contributed by atoms with Crippen LogP contribution in [-0.2, 0) is 21.7 Å². The molecule has 0 saturated heterocycles. The number of aryl methyl sites for hydroxylation is 3. The van der Waals surface area contributed by atoms with E-state index in [1.165, 1.54) is 16.7 Å². The van der Waals surface area contributed by atoms with Crippen LogP contribution in [0.5, 0.6) is 11.5 Å². The summed E-state index contributed by atoms with van der Waals surface area (Å²) in [5, 5.41) is 9.51. The van der Waals surface area contributed by atoms with Crippen LogP contribution in [0.3, 0.4) is 0 Å². The first-order valence-corrected chi connectivity index (χ1v) is 12.9. The average molecular weight is 507 g/mol. The summed E-state index contributed by atoms with van der Waals surface area (Å²) < 4.78 is 33.2. The number of aromatic amines is 1. The average Bonchev–Trinajstić information content (AvgIpc) is 3.27. The SMILES string of the molecule is CCS(=O)(=O)c1ccc(Oc2c(C)cccc2C)c(-c2cn(C)c(=O)c3[nH]c(C=CC(=O)O)cc23)c1. The number of carboxylic acids is 1. The Bertz CT molecular complexity index is 1670. The number of ether oxygens (including phenoxy) is 1. The first-order chi connectivity index (χ1) is 17.0. The van der Waals surface area contributed by atoms with Crippen LogP contribution in [0.25, 0.3) is 28.1 Å². The topological polar surface area (TPSA) is 118 Å². The second-order valence-corrected chi connectivity index (χ2v) is 10.8. The summed E-state index contributed by atoms with van der Waals surface area (Å²) in [5.41, 5.74) is 3.26. The Kier molecular flexibility index (Phi) is 6.60. The molecule has 0 saturated carbocycles. The first kappa shape index (κ1) is 25.0. The molecule has 2 aromatic carbocycles. The van der Waals surface area contributed by atoms with Gasteiger partial charge in [-0.15, -0.1) is 0 Å². The van der Waals surface area contributed by atoms with E-state index in [2.05, 4.69) is 4.98 Å². The number of nitrogens with zero attached hydrogens (tertiary/aromatic N) is 1. The Morgan fingerprint density at radius 2 is 1.81 bits per heavy atom. The number of nitrogens with one attached hydrogen (secondary N) is 1. The lowest BCUT2D eigenvalue weighted by Crippen LogP contribution is -2.16. The zero-order valence-corrected chi connectivity index (χ0v) is 21.1. The highest BCUT2D eigenvalue weighted by molar-refractivity contribution is 7.91. The van der Waals surface area contributed by atoms with Crippen LogP contribution >= 0.6 is 0 Å². The molecule has 0 bridgehead atoms. The number of carboxylic acid groups (broad SMARTS) is 1. The third-order valence-electron chi connectivity index (χ3n) is 5.99. The van der Waals surface area contributed by atoms with Crippen LogP contribution in [-0.4, -0.2) is 34.8 Å². The molecular weight excluding hydrogens is 480 g/mol. The van der Waals surface area contributed by atoms with Crippen molar-refractivity contribution in [2.75, 3.05) is 5.75 Å². The molecule has 0 spiro atoms. The molecule has 0 aliphatic carbocycles. The van der Waals surface area contributed by atoms with Crippen LogP contribution in [0.4, 0.5) is 0 Å². The third-order valence-corrected chi connectivity index (χ3v) is 7.72. The monoisotopic (exact) mass is 506 g/mol. The van der Waals surface area contributed by atoms with Crippen molar-refractivity contribution in [1.29, 1.82) is 0 Å². The van der Waals surface area contributed by atoms with Gasteiger partial charge in [0.2, 0.25) is 0 Å². The third kappa shape index (κ3) is 4.70. The summed E-state index contributed by atoms with van der Waals surface area (Å²) >= 11 is 0. The molecule has 0 unspecified atom stereocenters. The molecule has 0 amide bonds. The number of carbonyl (C=O) groups is 1. The molecule has 2 heterocycles. The summed E-state index contributed by atoms with van der Waals surface area (Å²) in [4.78, 5) is 27.0. The Balaban J connectivity index is 2.02. The maximum absolute atomic E-state index is 12.9. The van der Waals surface area contributed by atoms with Gasteiger partial charge in [-0.2, -0.15) is 0 Å². The molecule has 0 fully saturated rings. The number of fused-ring (bicyclic) bond motifs is 1. The molecule has 2 N–H and O–H groups in total. The van der Waals surface area contributed by atoms with Crippen molar-refractivity contribution in [2.45, 2.75) is 25.7 Å². The zero-order chi connectivity index (χ0) is 26.2. The summed E-state index contributed by atoms with van der Waals surface area (Å²) in [6.07, 6.45) is 3.95. The quantitative estimate of drug-likeness (QED) is 0.347. The van der Waals surface area contributed by atoms with Gasteiger partial charge in [0.1, 0.15) is 17.0 Å². The molecule has 0 atom stereocenters. The minimum atomic E-state index is -3.53. The van der Waals surface area contributed by atoms with Crippen molar-refractivity contribution in [3.63, 3.8) is 0 Å². The molecular formula is C27H26N2O6S. The molecule has 0 aliphatic heterocycles. The van der Waals surface area contributed by atoms with Gasteiger partial charge in [-0.25, -0.2) is 13.2 Å². The number of rotatable bonds is 7. The van der Waals surface area contributed by atoms with E-state index < -0.39 is 15.8 Å². The Morgan fingerprint density at radius 3 is 2.44 bits per heavy atom. The number of aliphatic carboxylic acids is 1. The molecule has 186 valence electrons. The number of hydrogen-bond donors (Lipinski definition) is 2. The van der Waals surface area contributed by atoms with Crippen molar-refractivity contribution in [3.8, 4) is 22.6 Å².